The van der Waals surface area contributed by atoms with E-state index in [0.29, 0.717) is 23.0 Å². The summed E-state index contributed by atoms with van der Waals surface area (Å²) in [5.74, 6) is 1.72. The van der Waals surface area contributed by atoms with Crippen molar-refractivity contribution >= 4 is 43.2 Å². The van der Waals surface area contributed by atoms with E-state index in [9.17, 15) is 20.4 Å². The third-order valence-corrected chi connectivity index (χ3v) is 6.89. The first-order valence-corrected chi connectivity index (χ1v) is 9.80. The van der Waals surface area contributed by atoms with Crippen LogP contribution in [0, 0.1) is 0 Å². The Morgan fingerprint density at radius 3 is 0.875 bits per heavy atom. The molecule has 0 bridgehead atoms. The maximum absolute atomic E-state index is 9.56. The fourth-order valence-corrected chi connectivity index (χ4v) is 5.57. The van der Waals surface area contributed by atoms with Crippen LogP contribution < -0.4 is 0 Å². The minimum atomic E-state index is -0.730. The van der Waals surface area contributed by atoms with Crippen LogP contribution in [0.5, 0.6) is 0 Å². The smallest absolute Gasteiger partial charge is 0.0906 e. The molecule has 0 amide bonds. The highest BCUT2D eigenvalue weighted by molar-refractivity contribution is 8.77. The van der Waals surface area contributed by atoms with Crippen LogP contribution in [0.25, 0.3) is 0 Å². The zero-order valence-electron chi connectivity index (χ0n) is 8.56. The molecule has 1 rings (SSSR count). The fraction of sp³-hybridized carbons (Fsp3) is 1.00. The zero-order chi connectivity index (χ0) is 12.0. The number of rotatable bonds is 0. The van der Waals surface area contributed by atoms with Crippen molar-refractivity contribution in [3.8, 4) is 0 Å². The standard InChI is InChI=1S/C8H16O4S4/c9-5-1-13-14-3-7(11)8(12)4-16-15-2-6(5)10/h5-12H,1-4H2. The van der Waals surface area contributed by atoms with Gasteiger partial charge in [-0.2, -0.15) is 0 Å². The Morgan fingerprint density at radius 1 is 0.500 bits per heavy atom. The van der Waals surface area contributed by atoms with Gasteiger partial charge in [-0.15, -0.1) is 0 Å². The van der Waals surface area contributed by atoms with Crippen molar-refractivity contribution in [1.82, 2.24) is 0 Å². The van der Waals surface area contributed by atoms with Gasteiger partial charge in [-0.25, -0.2) is 0 Å². The molecule has 0 aromatic heterocycles. The summed E-state index contributed by atoms with van der Waals surface area (Å²) in [6, 6.07) is 0. The van der Waals surface area contributed by atoms with E-state index in [2.05, 4.69) is 0 Å². The van der Waals surface area contributed by atoms with E-state index in [4.69, 9.17) is 0 Å². The monoisotopic (exact) mass is 304 g/mol. The first kappa shape index (κ1) is 15.3. The molecule has 1 aliphatic rings. The van der Waals surface area contributed by atoms with Gasteiger partial charge in [-0.05, 0) is 0 Å². The van der Waals surface area contributed by atoms with Gasteiger partial charge in [0.25, 0.3) is 0 Å². The van der Waals surface area contributed by atoms with E-state index in [1.165, 1.54) is 43.2 Å². The molecule has 4 unspecified atom stereocenters. The largest absolute Gasteiger partial charge is 0.390 e. The van der Waals surface area contributed by atoms with Gasteiger partial charge in [-0.1, -0.05) is 43.2 Å². The molecule has 96 valence electrons. The highest BCUT2D eigenvalue weighted by Gasteiger charge is 2.21. The fourth-order valence-electron chi connectivity index (χ4n) is 0.916. The predicted molar refractivity (Wildman–Crippen MR) is 73.9 cm³/mol. The molecule has 0 aliphatic carbocycles. The SMILES string of the molecule is OC1CSSCC(O)C(O)CSSCC1O. The lowest BCUT2D eigenvalue weighted by molar-refractivity contribution is 0.0493. The van der Waals surface area contributed by atoms with Crippen LogP contribution in [0.15, 0.2) is 0 Å². The molecule has 8 heteroatoms. The molecule has 0 radical (unpaired) electrons. The Kier molecular flexibility index (Phi) is 7.99. The van der Waals surface area contributed by atoms with Crippen LogP contribution in [0.4, 0.5) is 0 Å². The third-order valence-electron chi connectivity index (χ3n) is 2.01. The van der Waals surface area contributed by atoms with E-state index in [1.807, 2.05) is 0 Å². The van der Waals surface area contributed by atoms with Crippen molar-refractivity contribution in [2.45, 2.75) is 24.4 Å². The highest BCUT2D eigenvalue weighted by atomic mass is 33.1. The van der Waals surface area contributed by atoms with E-state index in [1.54, 1.807) is 0 Å². The van der Waals surface area contributed by atoms with Crippen LogP contribution in [0.3, 0.4) is 0 Å². The number of hydrogen-bond donors (Lipinski definition) is 4. The van der Waals surface area contributed by atoms with Gasteiger partial charge in [0.05, 0.1) is 24.4 Å². The maximum Gasteiger partial charge on any atom is 0.0906 e. The molecule has 4 N–H and O–H groups in total. The van der Waals surface area contributed by atoms with Gasteiger partial charge in [0, 0.05) is 23.0 Å². The van der Waals surface area contributed by atoms with Crippen molar-refractivity contribution in [3.05, 3.63) is 0 Å². The molecule has 0 spiro atoms. The summed E-state index contributed by atoms with van der Waals surface area (Å²) < 4.78 is 0. The number of aliphatic hydroxyl groups excluding tert-OH is 4. The van der Waals surface area contributed by atoms with Gasteiger partial charge in [0.2, 0.25) is 0 Å². The zero-order valence-corrected chi connectivity index (χ0v) is 11.8. The average molecular weight is 304 g/mol. The van der Waals surface area contributed by atoms with Crippen molar-refractivity contribution in [1.29, 1.82) is 0 Å². The van der Waals surface area contributed by atoms with Gasteiger partial charge < -0.3 is 20.4 Å². The van der Waals surface area contributed by atoms with Crippen LogP contribution >= 0.6 is 43.2 Å². The first-order valence-electron chi connectivity index (χ1n) is 4.82. The van der Waals surface area contributed by atoms with E-state index >= 15 is 0 Å². The van der Waals surface area contributed by atoms with Crippen LogP contribution in [-0.4, -0.2) is 67.9 Å². The Balaban J connectivity index is 2.39. The summed E-state index contributed by atoms with van der Waals surface area (Å²) in [6.07, 6.45) is -2.92. The molecule has 16 heavy (non-hydrogen) atoms. The van der Waals surface area contributed by atoms with Crippen molar-refractivity contribution in [2.24, 2.45) is 0 Å². The molecule has 4 atom stereocenters. The molecule has 0 aromatic rings. The summed E-state index contributed by atoms with van der Waals surface area (Å²) in [6.45, 7) is 0. The van der Waals surface area contributed by atoms with Gasteiger partial charge >= 0.3 is 0 Å². The number of hydrogen-bond acceptors (Lipinski definition) is 8. The van der Waals surface area contributed by atoms with Gasteiger partial charge in [0.1, 0.15) is 0 Å². The Morgan fingerprint density at radius 2 is 0.688 bits per heavy atom. The van der Waals surface area contributed by atoms with E-state index in [0.717, 1.165) is 0 Å². The lowest BCUT2D eigenvalue weighted by Gasteiger charge is -2.20. The summed E-state index contributed by atoms with van der Waals surface area (Å²) in [4.78, 5) is 0. The summed E-state index contributed by atoms with van der Waals surface area (Å²) in [7, 11) is 5.62. The molecule has 0 saturated carbocycles. The average Bonchev–Trinajstić information content (AvgIpc) is 2.27. The third kappa shape index (κ3) is 5.72. The van der Waals surface area contributed by atoms with Gasteiger partial charge in [-0.3, -0.25) is 0 Å². The lowest BCUT2D eigenvalue weighted by Crippen LogP contribution is -2.32. The predicted octanol–water partition coefficient (Wildman–Crippen LogP) is 0.206. The normalized spacial score (nSPS) is 39.8. The van der Waals surface area contributed by atoms with Crippen molar-refractivity contribution in [2.75, 3.05) is 23.0 Å². The first-order chi connectivity index (χ1) is 7.61. The molecular formula is C8H16O4S4. The molecule has 0 aromatic carbocycles. The van der Waals surface area contributed by atoms with Crippen molar-refractivity contribution in [3.63, 3.8) is 0 Å². The highest BCUT2D eigenvalue weighted by Crippen LogP contribution is 2.29. The Bertz CT molecular complexity index is 157. The number of aliphatic hydroxyl groups is 4. The second-order valence-corrected chi connectivity index (χ2v) is 8.51. The van der Waals surface area contributed by atoms with Crippen LogP contribution in [0.1, 0.15) is 0 Å². The van der Waals surface area contributed by atoms with Crippen molar-refractivity contribution < 1.29 is 20.4 Å². The summed E-state index contributed by atoms with van der Waals surface area (Å²) in [5.41, 5.74) is 0. The summed E-state index contributed by atoms with van der Waals surface area (Å²) in [5, 5.41) is 38.2. The Hall–Kier alpha value is 1.24. The molecular weight excluding hydrogens is 288 g/mol. The van der Waals surface area contributed by atoms with Crippen LogP contribution in [0.2, 0.25) is 0 Å². The molecule has 4 nitrogen and oxygen atoms in total. The topological polar surface area (TPSA) is 80.9 Å². The molecule has 1 heterocycles. The maximum atomic E-state index is 9.56. The van der Waals surface area contributed by atoms with Gasteiger partial charge in [0.15, 0.2) is 0 Å². The minimum absolute atomic E-state index is 0.430. The van der Waals surface area contributed by atoms with Crippen LogP contribution in [-0.2, 0) is 0 Å². The second-order valence-electron chi connectivity index (χ2n) is 3.41. The molecule has 1 saturated heterocycles. The Labute approximate surface area is 111 Å². The second kappa shape index (κ2) is 8.36. The quantitative estimate of drug-likeness (QED) is 0.473. The molecule has 1 aliphatic heterocycles. The lowest BCUT2D eigenvalue weighted by atomic mass is 10.3. The molecule has 1 fully saturated rings. The minimum Gasteiger partial charge on any atom is -0.390 e. The van der Waals surface area contributed by atoms with E-state index in [-0.39, 0.29) is 0 Å². The summed E-state index contributed by atoms with van der Waals surface area (Å²) >= 11 is 0. The van der Waals surface area contributed by atoms with E-state index < -0.39 is 24.4 Å².